The molecular formula is C25H27OP. The second kappa shape index (κ2) is 9.53. The van der Waals surface area contributed by atoms with Crippen molar-refractivity contribution in [3.05, 3.63) is 102 Å². The Morgan fingerprint density at radius 3 is 1.96 bits per heavy atom. The summed E-state index contributed by atoms with van der Waals surface area (Å²) in [5.74, 6) is 0. The van der Waals surface area contributed by atoms with Gasteiger partial charge >= 0.3 is 0 Å². The average Bonchev–Trinajstić information content (AvgIpc) is 2.70. The van der Waals surface area contributed by atoms with Gasteiger partial charge in [-0.3, -0.25) is 0 Å². The molecule has 27 heavy (non-hydrogen) atoms. The minimum atomic E-state index is -0.621. The topological polar surface area (TPSA) is 9.23 Å². The summed E-state index contributed by atoms with van der Waals surface area (Å²) in [7, 11) is -0.621. The van der Waals surface area contributed by atoms with Gasteiger partial charge in [0.1, 0.15) is 6.61 Å². The standard InChI is InChI=1S/C25H27OP/c1-4-21-15-16-22(19-26-18-20(2)3)25(17-21)27(23-11-7-5-8-12-23)24-13-9-6-10-14-24/h5-18H,4,19H2,1-3H3. The first-order valence-corrected chi connectivity index (χ1v) is 10.8. The van der Waals surface area contributed by atoms with Crippen LogP contribution >= 0.6 is 7.92 Å². The van der Waals surface area contributed by atoms with Crippen molar-refractivity contribution >= 4 is 23.8 Å². The van der Waals surface area contributed by atoms with Gasteiger partial charge in [0.05, 0.1) is 6.26 Å². The molecule has 0 radical (unpaired) electrons. The monoisotopic (exact) mass is 374 g/mol. The van der Waals surface area contributed by atoms with Gasteiger partial charge in [0.15, 0.2) is 0 Å². The molecule has 0 aliphatic heterocycles. The van der Waals surface area contributed by atoms with E-state index < -0.39 is 7.92 Å². The second-order valence-corrected chi connectivity index (χ2v) is 9.01. The van der Waals surface area contributed by atoms with Gasteiger partial charge in [-0.1, -0.05) is 85.8 Å². The number of allylic oxidation sites excluding steroid dienone is 1. The molecule has 0 fully saturated rings. The zero-order chi connectivity index (χ0) is 19.1. The van der Waals surface area contributed by atoms with Crippen molar-refractivity contribution in [1.29, 1.82) is 0 Å². The number of ether oxygens (including phenoxy) is 1. The summed E-state index contributed by atoms with van der Waals surface area (Å²) >= 11 is 0. The van der Waals surface area contributed by atoms with Crippen LogP contribution in [0.15, 0.2) is 90.7 Å². The number of hydrogen-bond donors (Lipinski definition) is 0. The van der Waals surface area contributed by atoms with Crippen LogP contribution in [0, 0.1) is 0 Å². The van der Waals surface area contributed by atoms with Gasteiger partial charge in [0, 0.05) is 0 Å². The largest absolute Gasteiger partial charge is 0.497 e. The number of benzene rings is 3. The van der Waals surface area contributed by atoms with Gasteiger partial charge in [0.25, 0.3) is 0 Å². The molecule has 0 aliphatic carbocycles. The van der Waals surface area contributed by atoms with Crippen LogP contribution in [0.4, 0.5) is 0 Å². The molecular weight excluding hydrogens is 347 g/mol. The molecule has 0 aromatic heterocycles. The van der Waals surface area contributed by atoms with Crippen LogP contribution < -0.4 is 15.9 Å². The Labute approximate surface area is 164 Å². The second-order valence-electron chi connectivity index (χ2n) is 6.83. The van der Waals surface area contributed by atoms with Crippen LogP contribution in [0.5, 0.6) is 0 Å². The fourth-order valence-corrected chi connectivity index (χ4v) is 5.56. The van der Waals surface area contributed by atoms with E-state index in [2.05, 4.69) is 99.6 Å². The third-order valence-electron chi connectivity index (χ3n) is 4.39. The minimum Gasteiger partial charge on any atom is -0.497 e. The molecule has 0 N–H and O–H groups in total. The van der Waals surface area contributed by atoms with Gasteiger partial charge < -0.3 is 4.74 Å². The third kappa shape index (κ3) is 5.08. The third-order valence-corrected chi connectivity index (χ3v) is 6.91. The van der Waals surface area contributed by atoms with Crippen molar-refractivity contribution in [1.82, 2.24) is 0 Å². The lowest BCUT2D eigenvalue weighted by molar-refractivity contribution is 0.234. The van der Waals surface area contributed by atoms with Crippen molar-refractivity contribution in [3.63, 3.8) is 0 Å². The first-order valence-electron chi connectivity index (χ1n) is 9.46. The molecule has 1 nitrogen and oxygen atoms in total. The SMILES string of the molecule is CCc1ccc(COC=C(C)C)c(P(c2ccccc2)c2ccccc2)c1. The molecule has 3 aromatic carbocycles. The predicted molar refractivity (Wildman–Crippen MR) is 119 cm³/mol. The van der Waals surface area contributed by atoms with Gasteiger partial charge in [-0.25, -0.2) is 0 Å². The summed E-state index contributed by atoms with van der Waals surface area (Å²) in [5.41, 5.74) is 3.81. The van der Waals surface area contributed by atoms with Crippen molar-refractivity contribution in [2.24, 2.45) is 0 Å². The first kappa shape index (κ1) is 19.4. The summed E-state index contributed by atoms with van der Waals surface area (Å²) < 4.78 is 5.87. The number of rotatable bonds is 7. The van der Waals surface area contributed by atoms with Crippen molar-refractivity contribution in [2.75, 3.05) is 0 Å². The Balaban J connectivity index is 2.11. The summed E-state index contributed by atoms with van der Waals surface area (Å²) in [4.78, 5) is 0. The van der Waals surface area contributed by atoms with Crippen LogP contribution in [0.25, 0.3) is 0 Å². The Hall–Kier alpha value is -2.37. The molecule has 138 valence electrons. The van der Waals surface area contributed by atoms with E-state index in [4.69, 9.17) is 4.74 Å². The van der Waals surface area contributed by atoms with Crippen LogP contribution in [-0.4, -0.2) is 0 Å². The number of aryl methyl sites for hydroxylation is 1. The van der Waals surface area contributed by atoms with Crippen LogP contribution in [0.3, 0.4) is 0 Å². The van der Waals surface area contributed by atoms with E-state index in [1.54, 1.807) is 0 Å². The fourth-order valence-electron chi connectivity index (χ4n) is 3.04. The maximum Gasteiger partial charge on any atom is 0.113 e. The van der Waals surface area contributed by atoms with Gasteiger partial charge in [0.2, 0.25) is 0 Å². The highest BCUT2D eigenvalue weighted by Gasteiger charge is 2.20. The van der Waals surface area contributed by atoms with E-state index in [1.807, 2.05) is 6.26 Å². The molecule has 0 saturated heterocycles. The Morgan fingerprint density at radius 1 is 0.852 bits per heavy atom. The van der Waals surface area contributed by atoms with Crippen LogP contribution in [-0.2, 0) is 17.8 Å². The number of hydrogen-bond acceptors (Lipinski definition) is 1. The van der Waals surface area contributed by atoms with Crippen molar-refractivity contribution in [3.8, 4) is 0 Å². The van der Waals surface area contributed by atoms with Crippen LogP contribution in [0.1, 0.15) is 31.9 Å². The lowest BCUT2D eigenvalue weighted by Gasteiger charge is -2.23. The zero-order valence-corrected chi connectivity index (χ0v) is 17.2. The van der Waals surface area contributed by atoms with E-state index >= 15 is 0 Å². The van der Waals surface area contributed by atoms with Gasteiger partial charge in [-0.2, -0.15) is 0 Å². The first-order chi connectivity index (χ1) is 13.2. The van der Waals surface area contributed by atoms with Gasteiger partial charge in [-0.05, 0) is 60.8 Å². The van der Waals surface area contributed by atoms with Crippen molar-refractivity contribution in [2.45, 2.75) is 33.8 Å². The lowest BCUT2D eigenvalue weighted by atomic mass is 10.1. The quantitative estimate of drug-likeness (QED) is 0.395. The molecule has 0 spiro atoms. The highest BCUT2D eigenvalue weighted by atomic mass is 31.1. The average molecular weight is 374 g/mol. The van der Waals surface area contributed by atoms with E-state index in [-0.39, 0.29) is 0 Å². The van der Waals surface area contributed by atoms with Crippen molar-refractivity contribution < 1.29 is 4.74 Å². The summed E-state index contributed by atoms with van der Waals surface area (Å²) in [6.45, 7) is 6.93. The molecule has 3 aromatic rings. The Morgan fingerprint density at radius 2 is 1.44 bits per heavy atom. The van der Waals surface area contributed by atoms with E-state index in [9.17, 15) is 0 Å². The van der Waals surface area contributed by atoms with E-state index in [0.717, 1.165) is 6.42 Å². The molecule has 0 heterocycles. The predicted octanol–water partition coefficient (Wildman–Crippen LogP) is 5.45. The molecule has 0 atom stereocenters. The summed E-state index contributed by atoms with van der Waals surface area (Å²) in [6.07, 6.45) is 2.89. The molecule has 0 unspecified atom stereocenters. The Kier molecular flexibility index (Phi) is 6.85. The lowest BCUT2D eigenvalue weighted by Crippen LogP contribution is -2.24. The molecule has 0 amide bonds. The summed E-state index contributed by atoms with van der Waals surface area (Å²) in [5, 5.41) is 4.13. The highest BCUT2D eigenvalue weighted by molar-refractivity contribution is 7.79. The smallest absolute Gasteiger partial charge is 0.113 e. The van der Waals surface area contributed by atoms with E-state index in [1.165, 1.54) is 32.6 Å². The highest BCUT2D eigenvalue weighted by Crippen LogP contribution is 2.34. The van der Waals surface area contributed by atoms with Gasteiger partial charge in [-0.15, -0.1) is 0 Å². The normalized spacial score (nSPS) is 10.7. The Bertz CT molecular complexity index is 841. The fraction of sp³-hybridized carbons (Fsp3) is 0.200. The molecule has 0 saturated carbocycles. The maximum absolute atomic E-state index is 5.87. The molecule has 2 heteroatoms. The maximum atomic E-state index is 5.87. The molecule has 3 rings (SSSR count). The molecule has 0 aliphatic rings. The zero-order valence-electron chi connectivity index (χ0n) is 16.4. The van der Waals surface area contributed by atoms with Crippen LogP contribution in [0.2, 0.25) is 0 Å². The van der Waals surface area contributed by atoms with E-state index in [0.29, 0.717) is 6.61 Å². The summed E-state index contributed by atoms with van der Waals surface area (Å²) in [6, 6.07) is 28.6. The minimum absolute atomic E-state index is 0.600. The molecule has 0 bridgehead atoms.